The van der Waals surface area contributed by atoms with Gasteiger partial charge >= 0.3 is 0 Å². The Kier molecular flexibility index (Phi) is 5.31. The van der Waals surface area contributed by atoms with E-state index >= 15 is 0 Å². The molecule has 0 aliphatic carbocycles. The second kappa shape index (κ2) is 8.03. The maximum Gasteiger partial charge on any atom is 0.118 e. The molecule has 0 N–H and O–H groups in total. The van der Waals surface area contributed by atoms with Crippen LogP contribution in [0.15, 0.2) is 83.3 Å². The zero-order valence-corrected chi connectivity index (χ0v) is 17.5. The molecular formula is C24H21BrN2O. The molecule has 1 heterocycles. The first-order valence-electron chi connectivity index (χ1n) is 9.29. The molecule has 4 heteroatoms. The van der Waals surface area contributed by atoms with Gasteiger partial charge in [0.05, 0.1) is 18.5 Å². The highest BCUT2D eigenvalue weighted by Gasteiger charge is 2.21. The molecule has 0 saturated carbocycles. The number of benzene rings is 3. The standard InChI is InChI=1S/C24H21BrN2O/c1-3-21-23(17-9-5-4-6-10-17)24(18-13-15-19(28-2)16-14-18)26-27(21)22-12-8-7-11-20(22)25/h4-16H,3H2,1-2H3. The molecule has 140 valence electrons. The summed E-state index contributed by atoms with van der Waals surface area (Å²) in [5.74, 6) is 0.839. The fourth-order valence-corrected chi connectivity index (χ4v) is 3.91. The van der Waals surface area contributed by atoms with Crippen molar-refractivity contribution in [1.82, 2.24) is 9.78 Å². The highest BCUT2D eigenvalue weighted by molar-refractivity contribution is 9.10. The number of methoxy groups -OCH3 is 1. The molecule has 0 saturated heterocycles. The molecule has 0 spiro atoms. The fourth-order valence-electron chi connectivity index (χ4n) is 3.46. The minimum absolute atomic E-state index is 0.839. The van der Waals surface area contributed by atoms with Crippen LogP contribution >= 0.6 is 15.9 Å². The van der Waals surface area contributed by atoms with Crippen molar-refractivity contribution in [1.29, 1.82) is 0 Å². The van der Waals surface area contributed by atoms with Crippen LogP contribution in [0.1, 0.15) is 12.6 Å². The average molecular weight is 433 g/mol. The molecule has 0 amide bonds. The first-order valence-corrected chi connectivity index (χ1v) is 10.1. The van der Waals surface area contributed by atoms with Crippen molar-refractivity contribution in [2.75, 3.05) is 7.11 Å². The third-order valence-corrected chi connectivity index (χ3v) is 5.49. The van der Waals surface area contributed by atoms with E-state index in [-0.39, 0.29) is 0 Å². The topological polar surface area (TPSA) is 27.1 Å². The zero-order valence-electron chi connectivity index (χ0n) is 15.9. The molecule has 4 aromatic rings. The number of nitrogens with zero attached hydrogens (tertiary/aromatic N) is 2. The second-order valence-corrected chi connectivity index (χ2v) is 7.34. The number of halogens is 1. The van der Waals surface area contributed by atoms with E-state index < -0.39 is 0 Å². The summed E-state index contributed by atoms with van der Waals surface area (Å²) in [6, 6.07) is 26.8. The average Bonchev–Trinajstić information content (AvgIpc) is 3.14. The fraction of sp³-hybridized carbons (Fsp3) is 0.125. The van der Waals surface area contributed by atoms with Crippen LogP contribution in [-0.2, 0) is 6.42 Å². The molecule has 3 nitrogen and oxygen atoms in total. The van der Waals surface area contributed by atoms with Gasteiger partial charge in [0.25, 0.3) is 0 Å². The van der Waals surface area contributed by atoms with Crippen molar-refractivity contribution < 1.29 is 4.74 Å². The Morgan fingerprint density at radius 1 is 0.857 bits per heavy atom. The summed E-state index contributed by atoms with van der Waals surface area (Å²) < 4.78 is 8.41. The Morgan fingerprint density at radius 2 is 1.54 bits per heavy atom. The highest BCUT2D eigenvalue weighted by Crippen LogP contribution is 2.37. The second-order valence-electron chi connectivity index (χ2n) is 6.48. The lowest BCUT2D eigenvalue weighted by molar-refractivity contribution is 0.415. The van der Waals surface area contributed by atoms with Crippen LogP contribution < -0.4 is 4.74 Å². The maximum atomic E-state index is 5.32. The molecule has 0 radical (unpaired) electrons. The van der Waals surface area contributed by atoms with E-state index in [0.717, 1.165) is 33.6 Å². The number of para-hydroxylation sites is 1. The van der Waals surface area contributed by atoms with Gasteiger partial charge in [0.1, 0.15) is 11.4 Å². The molecule has 3 aromatic carbocycles. The molecular weight excluding hydrogens is 412 g/mol. The number of ether oxygens (including phenoxy) is 1. The number of hydrogen-bond donors (Lipinski definition) is 0. The van der Waals surface area contributed by atoms with E-state index in [1.54, 1.807) is 7.11 Å². The summed E-state index contributed by atoms with van der Waals surface area (Å²) in [6.07, 6.45) is 0.870. The van der Waals surface area contributed by atoms with Gasteiger partial charge in [0.2, 0.25) is 0 Å². The van der Waals surface area contributed by atoms with Gasteiger partial charge in [-0.25, -0.2) is 4.68 Å². The molecule has 0 atom stereocenters. The Labute approximate surface area is 173 Å². The van der Waals surface area contributed by atoms with E-state index in [4.69, 9.17) is 9.84 Å². The third-order valence-electron chi connectivity index (χ3n) is 4.82. The van der Waals surface area contributed by atoms with Crippen molar-refractivity contribution in [2.45, 2.75) is 13.3 Å². The van der Waals surface area contributed by atoms with Gasteiger partial charge < -0.3 is 4.74 Å². The van der Waals surface area contributed by atoms with Crippen molar-refractivity contribution in [3.05, 3.63) is 89.0 Å². The number of rotatable bonds is 5. The number of aromatic nitrogens is 2. The molecule has 0 aliphatic heterocycles. The van der Waals surface area contributed by atoms with Gasteiger partial charge in [-0.3, -0.25) is 0 Å². The van der Waals surface area contributed by atoms with Crippen LogP contribution in [0, 0.1) is 0 Å². The van der Waals surface area contributed by atoms with Crippen LogP contribution in [-0.4, -0.2) is 16.9 Å². The molecule has 0 bridgehead atoms. The monoisotopic (exact) mass is 432 g/mol. The van der Waals surface area contributed by atoms with Crippen LogP contribution in [0.25, 0.3) is 28.1 Å². The molecule has 0 aliphatic rings. The predicted octanol–water partition coefficient (Wildman–Crippen LogP) is 6.54. The normalized spacial score (nSPS) is 10.8. The lowest BCUT2D eigenvalue weighted by atomic mass is 9.98. The van der Waals surface area contributed by atoms with E-state index in [1.807, 2.05) is 36.4 Å². The van der Waals surface area contributed by atoms with Gasteiger partial charge in [-0.1, -0.05) is 49.4 Å². The Morgan fingerprint density at radius 3 is 2.18 bits per heavy atom. The minimum atomic E-state index is 0.839. The van der Waals surface area contributed by atoms with Gasteiger partial charge in [0, 0.05) is 15.6 Å². The summed E-state index contributed by atoms with van der Waals surface area (Å²) in [7, 11) is 1.68. The predicted molar refractivity (Wildman–Crippen MR) is 118 cm³/mol. The Bertz CT molecular complexity index is 1090. The summed E-state index contributed by atoms with van der Waals surface area (Å²) in [6.45, 7) is 2.18. The van der Waals surface area contributed by atoms with E-state index in [2.05, 4.69) is 70.0 Å². The highest BCUT2D eigenvalue weighted by atomic mass is 79.9. The SMILES string of the molecule is CCc1c(-c2ccccc2)c(-c2ccc(OC)cc2)nn1-c1ccccc1Br. The molecule has 28 heavy (non-hydrogen) atoms. The van der Waals surface area contributed by atoms with Crippen molar-refractivity contribution in [3.63, 3.8) is 0 Å². The summed E-state index contributed by atoms with van der Waals surface area (Å²) in [5.41, 5.74) is 6.61. The van der Waals surface area contributed by atoms with E-state index in [9.17, 15) is 0 Å². The smallest absolute Gasteiger partial charge is 0.118 e. The van der Waals surface area contributed by atoms with Crippen LogP contribution in [0.4, 0.5) is 0 Å². The van der Waals surface area contributed by atoms with Crippen molar-refractivity contribution in [3.8, 4) is 33.8 Å². The maximum absolute atomic E-state index is 5.32. The van der Waals surface area contributed by atoms with Crippen molar-refractivity contribution in [2.24, 2.45) is 0 Å². The van der Waals surface area contributed by atoms with E-state index in [0.29, 0.717) is 0 Å². The molecule has 1 aromatic heterocycles. The van der Waals surface area contributed by atoms with Crippen LogP contribution in [0.5, 0.6) is 5.75 Å². The van der Waals surface area contributed by atoms with Gasteiger partial charge in [-0.15, -0.1) is 0 Å². The summed E-state index contributed by atoms with van der Waals surface area (Å²) in [4.78, 5) is 0. The summed E-state index contributed by atoms with van der Waals surface area (Å²) >= 11 is 3.68. The lowest BCUT2D eigenvalue weighted by Crippen LogP contribution is -2.02. The Hall–Kier alpha value is -2.85. The van der Waals surface area contributed by atoms with Gasteiger partial charge in [0.15, 0.2) is 0 Å². The minimum Gasteiger partial charge on any atom is -0.497 e. The van der Waals surface area contributed by atoms with Gasteiger partial charge in [-0.2, -0.15) is 5.10 Å². The van der Waals surface area contributed by atoms with Crippen LogP contribution in [0.2, 0.25) is 0 Å². The first-order chi connectivity index (χ1) is 13.7. The lowest BCUT2D eigenvalue weighted by Gasteiger charge is -2.10. The Balaban J connectivity index is 2.00. The van der Waals surface area contributed by atoms with Crippen molar-refractivity contribution >= 4 is 15.9 Å². The number of hydrogen-bond acceptors (Lipinski definition) is 2. The van der Waals surface area contributed by atoms with Gasteiger partial charge in [-0.05, 0) is 64.3 Å². The van der Waals surface area contributed by atoms with E-state index in [1.165, 1.54) is 16.8 Å². The molecule has 0 unspecified atom stereocenters. The zero-order chi connectivity index (χ0) is 19.5. The quantitative estimate of drug-likeness (QED) is 0.357. The third kappa shape index (κ3) is 3.36. The first kappa shape index (κ1) is 18.5. The van der Waals surface area contributed by atoms with Crippen LogP contribution in [0.3, 0.4) is 0 Å². The molecule has 0 fully saturated rings. The largest absolute Gasteiger partial charge is 0.497 e. The summed E-state index contributed by atoms with van der Waals surface area (Å²) in [5, 5.41) is 5.06. The molecule has 4 rings (SSSR count).